The molecule has 2 aromatic carbocycles. The zero-order valence-electron chi connectivity index (χ0n) is 31.7. The summed E-state index contributed by atoms with van der Waals surface area (Å²) in [5.41, 5.74) is 2.07. The number of likely N-dealkylation sites (tertiary alicyclic amines) is 1. The zero-order valence-corrected chi connectivity index (χ0v) is 31.7. The third-order valence-corrected chi connectivity index (χ3v) is 8.90. The second-order valence-electron chi connectivity index (χ2n) is 15.7. The van der Waals surface area contributed by atoms with Gasteiger partial charge in [0.1, 0.15) is 23.1 Å². The van der Waals surface area contributed by atoms with Crippen molar-refractivity contribution >= 4 is 40.8 Å². The molecule has 4 aromatic rings. The lowest BCUT2D eigenvalue weighted by molar-refractivity contribution is -0.138. The van der Waals surface area contributed by atoms with E-state index < -0.39 is 41.1 Å². The van der Waals surface area contributed by atoms with E-state index in [0.717, 1.165) is 28.6 Å². The first-order valence-corrected chi connectivity index (χ1v) is 17.5. The Morgan fingerprint density at radius 2 is 1.56 bits per heavy atom. The molecule has 3 heterocycles. The number of rotatable bonds is 7. The molecule has 0 spiro atoms. The second kappa shape index (κ2) is 14.4. The van der Waals surface area contributed by atoms with Crippen LogP contribution in [0.25, 0.3) is 33.4 Å². The van der Waals surface area contributed by atoms with Gasteiger partial charge in [-0.15, -0.1) is 0 Å². The molecule has 52 heavy (non-hydrogen) atoms. The van der Waals surface area contributed by atoms with Gasteiger partial charge in [-0.3, -0.25) is 10.1 Å². The van der Waals surface area contributed by atoms with Crippen molar-refractivity contribution in [3.63, 3.8) is 0 Å². The molecule has 0 bridgehead atoms. The number of carbonyl (C=O) groups is 4. The maximum Gasteiger partial charge on any atom is 0.419 e. The predicted octanol–water partition coefficient (Wildman–Crippen LogP) is 8.05. The molecule has 13 nitrogen and oxygen atoms in total. The fraction of sp³-hybridized carbons (Fsp3) is 0.462. The summed E-state index contributed by atoms with van der Waals surface area (Å²) < 4.78 is 17.5. The first kappa shape index (κ1) is 37.9. The number of aromatic amines is 1. The fourth-order valence-corrected chi connectivity index (χ4v) is 6.42. The van der Waals surface area contributed by atoms with Crippen LogP contribution in [0.3, 0.4) is 0 Å². The van der Waals surface area contributed by atoms with Gasteiger partial charge in [-0.1, -0.05) is 38.1 Å². The van der Waals surface area contributed by atoms with Gasteiger partial charge in [0.05, 0.1) is 35.8 Å². The number of ether oxygens (including phenoxy) is 3. The number of nitrogens with zero attached hydrogens (tertiary/aromatic N) is 3. The normalized spacial score (nSPS) is 16.9. The summed E-state index contributed by atoms with van der Waals surface area (Å²) in [4.78, 5) is 61.8. The van der Waals surface area contributed by atoms with E-state index in [9.17, 15) is 19.2 Å². The van der Waals surface area contributed by atoms with Crippen molar-refractivity contribution in [3.05, 3.63) is 60.6 Å². The van der Waals surface area contributed by atoms with Gasteiger partial charge in [-0.05, 0) is 103 Å². The van der Waals surface area contributed by atoms with Gasteiger partial charge in [-0.25, -0.2) is 23.9 Å². The Bertz CT molecular complexity index is 1960. The Kier molecular flexibility index (Phi) is 10.5. The molecule has 1 aliphatic heterocycles. The van der Waals surface area contributed by atoms with E-state index in [1.807, 2.05) is 71.9 Å². The summed E-state index contributed by atoms with van der Waals surface area (Å²) in [7, 11) is 1.28. The van der Waals surface area contributed by atoms with Gasteiger partial charge < -0.3 is 29.4 Å². The lowest BCUT2D eigenvalue weighted by atomic mass is 9.95. The molecule has 2 atom stereocenters. The minimum absolute atomic E-state index is 0.146. The molecule has 1 saturated heterocycles. The summed E-state index contributed by atoms with van der Waals surface area (Å²) >= 11 is 0. The number of aromatic nitrogens is 3. The van der Waals surface area contributed by atoms with Crippen molar-refractivity contribution in [3.8, 4) is 22.5 Å². The summed E-state index contributed by atoms with van der Waals surface area (Å²) in [6.45, 7) is 17.1. The Morgan fingerprint density at radius 3 is 2.17 bits per heavy atom. The lowest BCUT2D eigenvalue weighted by Gasteiger charge is -2.37. The van der Waals surface area contributed by atoms with Crippen LogP contribution in [0, 0.1) is 5.92 Å². The summed E-state index contributed by atoms with van der Waals surface area (Å²) in [6.07, 6.45) is 1.49. The van der Waals surface area contributed by atoms with Crippen molar-refractivity contribution in [2.75, 3.05) is 19.0 Å². The minimum Gasteiger partial charge on any atom is -0.453 e. The number of nitrogens with one attached hydrogen (secondary N) is 3. The molecule has 3 amide bonds. The number of alkyl carbamates (subject to hydrolysis) is 1. The predicted molar refractivity (Wildman–Crippen MR) is 199 cm³/mol. The first-order chi connectivity index (χ1) is 24.3. The van der Waals surface area contributed by atoms with E-state index in [1.54, 1.807) is 50.1 Å². The average molecular weight is 715 g/mol. The van der Waals surface area contributed by atoms with E-state index in [-0.39, 0.29) is 11.8 Å². The number of H-pyrrole nitrogens is 1. The Balaban J connectivity index is 1.44. The van der Waals surface area contributed by atoms with Crippen LogP contribution < -0.4 is 10.6 Å². The molecule has 0 radical (unpaired) electrons. The van der Waals surface area contributed by atoms with Crippen molar-refractivity contribution < 1.29 is 33.4 Å². The number of fused-ring (bicyclic) bond motifs is 1. The highest BCUT2D eigenvalue weighted by atomic mass is 16.6. The van der Waals surface area contributed by atoms with E-state index in [4.69, 9.17) is 19.2 Å². The van der Waals surface area contributed by atoms with Crippen LogP contribution in [0.1, 0.15) is 81.0 Å². The zero-order chi connectivity index (χ0) is 38.2. The molecule has 3 N–H and O–H groups in total. The van der Waals surface area contributed by atoms with Gasteiger partial charge in [0, 0.05) is 17.6 Å². The summed E-state index contributed by atoms with van der Waals surface area (Å²) in [6, 6.07) is 14.1. The van der Waals surface area contributed by atoms with Gasteiger partial charge in [-0.2, -0.15) is 0 Å². The van der Waals surface area contributed by atoms with E-state index >= 15 is 0 Å². The van der Waals surface area contributed by atoms with Gasteiger partial charge in [0.2, 0.25) is 5.91 Å². The van der Waals surface area contributed by atoms with Crippen LogP contribution in [0.2, 0.25) is 0 Å². The molecule has 2 aromatic heterocycles. The number of hydrogen-bond donors (Lipinski definition) is 3. The van der Waals surface area contributed by atoms with Crippen molar-refractivity contribution in [1.29, 1.82) is 0 Å². The number of amides is 3. The third-order valence-electron chi connectivity index (χ3n) is 8.90. The number of methoxy groups -OCH3 is 1. The molecular formula is C39H50N6O7. The van der Waals surface area contributed by atoms with Gasteiger partial charge in [0.25, 0.3) is 0 Å². The highest BCUT2D eigenvalue weighted by Gasteiger charge is 2.46. The Labute approximate surface area is 304 Å². The smallest absolute Gasteiger partial charge is 0.419 e. The number of imidazole rings is 1. The third kappa shape index (κ3) is 8.24. The van der Waals surface area contributed by atoms with Crippen molar-refractivity contribution in [2.24, 2.45) is 5.92 Å². The Morgan fingerprint density at radius 1 is 0.904 bits per heavy atom. The molecule has 1 fully saturated rings. The average Bonchev–Trinajstić information content (AvgIpc) is 3.79. The SMILES string of the molecule is COC(=O)NC(C(=O)N1CCCC1(C)c1ncc(-c2ccc(-c3cc4cc(NC(=O)OC(C)(C)C)ccc4n3C(=O)OC(C)(C)C)cc2)[nH]1)C(C)C. The van der Waals surface area contributed by atoms with Crippen LogP contribution in [-0.2, 0) is 24.5 Å². The monoisotopic (exact) mass is 714 g/mol. The standard InChI is InChI=1S/C39H50N6O7/c1-23(2)31(43-34(47)50-10)32(46)44-19-11-18-39(44,9)33-40-22-28(42-33)24-12-14-25(15-13-24)30-21-26-20-27(41-35(48)51-37(3,4)5)16-17-29(26)45(30)36(49)52-38(6,7)8/h12-17,20-23,31H,11,18-19H2,1-10H3,(H,40,42)(H,41,48)(H,43,47). The largest absolute Gasteiger partial charge is 0.453 e. The summed E-state index contributed by atoms with van der Waals surface area (Å²) in [5.74, 6) is 0.321. The Hall–Kier alpha value is -5.33. The van der Waals surface area contributed by atoms with Crippen LogP contribution in [0.5, 0.6) is 0 Å². The number of anilines is 1. The number of hydrogen-bond acceptors (Lipinski definition) is 8. The topological polar surface area (TPSA) is 157 Å². The lowest BCUT2D eigenvalue weighted by Crippen LogP contribution is -2.55. The highest BCUT2D eigenvalue weighted by molar-refractivity contribution is 5.99. The van der Waals surface area contributed by atoms with Crippen molar-refractivity contribution in [1.82, 2.24) is 24.8 Å². The van der Waals surface area contributed by atoms with E-state index in [0.29, 0.717) is 35.7 Å². The van der Waals surface area contributed by atoms with E-state index in [2.05, 4.69) is 15.6 Å². The molecule has 5 rings (SSSR count). The second-order valence-corrected chi connectivity index (χ2v) is 15.7. The molecule has 278 valence electrons. The highest BCUT2D eigenvalue weighted by Crippen LogP contribution is 2.39. The van der Waals surface area contributed by atoms with Crippen LogP contribution >= 0.6 is 0 Å². The minimum atomic E-state index is -0.740. The maximum atomic E-state index is 13.8. The quantitative estimate of drug-likeness (QED) is 0.162. The van der Waals surface area contributed by atoms with Gasteiger partial charge >= 0.3 is 18.3 Å². The molecule has 2 unspecified atom stereocenters. The molecular weight excluding hydrogens is 664 g/mol. The molecule has 1 aliphatic rings. The maximum absolute atomic E-state index is 13.8. The van der Waals surface area contributed by atoms with E-state index in [1.165, 1.54) is 11.7 Å². The van der Waals surface area contributed by atoms with Crippen LogP contribution in [0.15, 0.2) is 54.7 Å². The summed E-state index contributed by atoms with van der Waals surface area (Å²) in [5, 5.41) is 6.18. The number of carbonyl (C=O) groups excluding carboxylic acids is 4. The van der Waals surface area contributed by atoms with Crippen molar-refractivity contribution in [2.45, 2.75) is 97.9 Å². The molecule has 0 saturated carbocycles. The van der Waals surface area contributed by atoms with Crippen LogP contribution in [0.4, 0.5) is 20.1 Å². The molecule has 13 heteroatoms. The number of benzene rings is 2. The first-order valence-electron chi connectivity index (χ1n) is 17.5. The van der Waals surface area contributed by atoms with Crippen LogP contribution in [-0.4, -0.2) is 74.5 Å². The van der Waals surface area contributed by atoms with Gasteiger partial charge in [0.15, 0.2) is 0 Å². The fourth-order valence-electron chi connectivity index (χ4n) is 6.42. The molecule has 0 aliphatic carbocycles.